The fourth-order valence-corrected chi connectivity index (χ4v) is 1.65. The molecule has 0 aliphatic carbocycles. The van der Waals surface area contributed by atoms with Crippen LogP contribution in [0.4, 0.5) is 0 Å². The number of rotatable bonds is 3. The first-order valence-electron chi connectivity index (χ1n) is 4.84. The van der Waals surface area contributed by atoms with Crippen molar-refractivity contribution in [3.8, 4) is 5.69 Å². The van der Waals surface area contributed by atoms with E-state index in [1.807, 2.05) is 0 Å². The highest BCUT2D eigenvalue weighted by atomic mass is 16.4. The molecule has 17 heavy (non-hydrogen) atoms. The molecule has 2 aromatic rings. The van der Waals surface area contributed by atoms with E-state index < -0.39 is 11.9 Å². The van der Waals surface area contributed by atoms with E-state index >= 15 is 0 Å². The lowest BCUT2D eigenvalue weighted by atomic mass is 10.1. The van der Waals surface area contributed by atoms with Gasteiger partial charge >= 0.3 is 11.9 Å². The first kappa shape index (κ1) is 10.9. The number of benzene rings is 1. The SMILES string of the molecule is O=C(O)c1cccc(C(=O)O)c1-n1cccc1. The van der Waals surface area contributed by atoms with Gasteiger partial charge in [0.15, 0.2) is 0 Å². The maximum Gasteiger partial charge on any atom is 0.337 e. The van der Waals surface area contributed by atoms with Gasteiger partial charge in [-0.3, -0.25) is 0 Å². The number of aromatic nitrogens is 1. The molecular formula is C12H9NO4. The predicted octanol–water partition coefficient (Wildman–Crippen LogP) is 1.87. The second-order valence-corrected chi connectivity index (χ2v) is 3.40. The fourth-order valence-electron chi connectivity index (χ4n) is 1.65. The van der Waals surface area contributed by atoms with Gasteiger partial charge in [0.2, 0.25) is 0 Å². The van der Waals surface area contributed by atoms with Crippen LogP contribution in [-0.2, 0) is 0 Å². The van der Waals surface area contributed by atoms with E-state index in [1.54, 1.807) is 24.5 Å². The summed E-state index contributed by atoms with van der Waals surface area (Å²) in [5.74, 6) is -2.31. The molecule has 0 unspecified atom stereocenters. The minimum atomic E-state index is -1.16. The largest absolute Gasteiger partial charge is 0.478 e. The summed E-state index contributed by atoms with van der Waals surface area (Å²) >= 11 is 0. The molecule has 0 amide bonds. The monoisotopic (exact) mass is 231 g/mol. The zero-order valence-electron chi connectivity index (χ0n) is 8.70. The van der Waals surface area contributed by atoms with Crippen molar-refractivity contribution < 1.29 is 19.8 Å². The molecule has 1 aromatic heterocycles. The van der Waals surface area contributed by atoms with E-state index in [-0.39, 0.29) is 16.8 Å². The molecule has 2 rings (SSSR count). The smallest absolute Gasteiger partial charge is 0.337 e. The third kappa shape index (κ3) is 1.90. The summed E-state index contributed by atoms with van der Waals surface area (Å²) in [6.45, 7) is 0. The normalized spacial score (nSPS) is 10.1. The molecular weight excluding hydrogens is 222 g/mol. The van der Waals surface area contributed by atoms with Gasteiger partial charge in [0.1, 0.15) is 0 Å². The number of para-hydroxylation sites is 1. The molecule has 0 spiro atoms. The van der Waals surface area contributed by atoms with Gasteiger partial charge in [-0.2, -0.15) is 0 Å². The number of nitrogens with zero attached hydrogens (tertiary/aromatic N) is 1. The van der Waals surface area contributed by atoms with Crippen molar-refractivity contribution in [2.45, 2.75) is 0 Å². The minimum Gasteiger partial charge on any atom is -0.478 e. The molecule has 5 nitrogen and oxygen atoms in total. The number of carboxylic acid groups (broad SMARTS) is 2. The van der Waals surface area contributed by atoms with Gasteiger partial charge in [0, 0.05) is 12.4 Å². The molecule has 0 aliphatic heterocycles. The molecule has 2 N–H and O–H groups in total. The zero-order valence-corrected chi connectivity index (χ0v) is 8.70. The van der Waals surface area contributed by atoms with Crippen LogP contribution in [0.5, 0.6) is 0 Å². The van der Waals surface area contributed by atoms with E-state index in [2.05, 4.69) is 0 Å². The van der Waals surface area contributed by atoms with Crippen LogP contribution in [0.2, 0.25) is 0 Å². The molecule has 1 aromatic carbocycles. The molecule has 0 saturated heterocycles. The highest BCUT2D eigenvalue weighted by molar-refractivity contribution is 6.00. The van der Waals surface area contributed by atoms with Gasteiger partial charge in [0.25, 0.3) is 0 Å². The Morgan fingerprint density at radius 1 is 0.882 bits per heavy atom. The number of hydrogen-bond donors (Lipinski definition) is 2. The highest BCUT2D eigenvalue weighted by Gasteiger charge is 2.18. The van der Waals surface area contributed by atoms with Crippen LogP contribution in [0.15, 0.2) is 42.7 Å². The predicted molar refractivity (Wildman–Crippen MR) is 59.7 cm³/mol. The summed E-state index contributed by atoms with van der Waals surface area (Å²) in [6, 6.07) is 7.57. The Labute approximate surface area is 96.5 Å². The van der Waals surface area contributed by atoms with Crippen LogP contribution < -0.4 is 0 Å². The average Bonchev–Trinajstić information content (AvgIpc) is 2.80. The van der Waals surface area contributed by atoms with Crippen LogP contribution in [0, 0.1) is 0 Å². The van der Waals surface area contributed by atoms with Gasteiger partial charge in [-0.05, 0) is 24.3 Å². The molecule has 1 heterocycles. The summed E-state index contributed by atoms with van der Waals surface area (Å²) in [7, 11) is 0. The van der Waals surface area contributed by atoms with Crippen molar-refractivity contribution in [1.29, 1.82) is 0 Å². The van der Waals surface area contributed by atoms with E-state index in [0.29, 0.717) is 0 Å². The Kier molecular flexibility index (Phi) is 2.66. The molecule has 5 heteroatoms. The molecule has 0 fully saturated rings. The molecule has 0 bridgehead atoms. The van der Waals surface area contributed by atoms with Crippen molar-refractivity contribution in [3.63, 3.8) is 0 Å². The zero-order chi connectivity index (χ0) is 12.4. The van der Waals surface area contributed by atoms with Crippen LogP contribution in [0.3, 0.4) is 0 Å². The van der Waals surface area contributed by atoms with E-state index in [4.69, 9.17) is 10.2 Å². The van der Waals surface area contributed by atoms with E-state index in [0.717, 1.165) is 0 Å². The maximum atomic E-state index is 11.1. The quantitative estimate of drug-likeness (QED) is 0.845. The topological polar surface area (TPSA) is 79.5 Å². The summed E-state index contributed by atoms with van der Waals surface area (Å²) in [5.41, 5.74) is 0.0831. The Morgan fingerprint density at radius 3 is 1.76 bits per heavy atom. The first-order chi connectivity index (χ1) is 8.11. The minimum absolute atomic E-state index is 0.0406. The third-order valence-corrected chi connectivity index (χ3v) is 2.36. The van der Waals surface area contributed by atoms with Gasteiger partial charge in [-0.15, -0.1) is 0 Å². The fraction of sp³-hybridized carbons (Fsp3) is 0. The van der Waals surface area contributed by atoms with Crippen molar-refractivity contribution in [1.82, 2.24) is 4.57 Å². The number of carboxylic acids is 2. The first-order valence-corrected chi connectivity index (χ1v) is 4.84. The Hall–Kier alpha value is -2.56. The lowest BCUT2D eigenvalue weighted by Gasteiger charge is -2.10. The summed E-state index contributed by atoms with van der Waals surface area (Å²) in [5, 5.41) is 18.1. The van der Waals surface area contributed by atoms with Crippen molar-refractivity contribution in [2.75, 3.05) is 0 Å². The number of aromatic carboxylic acids is 2. The lowest BCUT2D eigenvalue weighted by molar-refractivity contribution is 0.0696. The molecule has 86 valence electrons. The summed E-state index contributed by atoms with van der Waals surface area (Å²) < 4.78 is 1.48. The molecule has 0 aliphatic rings. The van der Waals surface area contributed by atoms with Crippen LogP contribution in [0.1, 0.15) is 20.7 Å². The van der Waals surface area contributed by atoms with Crippen LogP contribution in [0.25, 0.3) is 5.69 Å². The van der Waals surface area contributed by atoms with Crippen molar-refractivity contribution >= 4 is 11.9 Å². The molecule has 0 radical (unpaired) electrons. The number of carbonyl (C=O) groups is 2. The maximum absolute atomic E-state index is 11.1. The van der Waals surface area contributed by atoms with E-state index in [1.165, 1.54) is 22.8 Å². The van der Waals surface area contributed by atoms with Gasteiger partial charge in [-0.25, -0.2) is 9.59 Å². The Balaban J connectivity index is 2.76. The van der Waals surface area contributed by atoms with Gasteiger partial charge in [0.05, 0.1) is 16.8 Å². The third-order valence-electron chi connectivity index (χ3n) is 2.36. The van der Waals surface area contributed by atoms with Gasteiger partial charge < -0.3 is 14.8 Å². The Bertz CT molecular complexity index is 540. The highest BCUT2D eigenvalue weighted by Crippen LogP contribution is 2.20. The summed E-state index contributed by atoms with van der Waals surface area (Å²) in [6.07, 6.45) is 3.21. The van der Waals surface area contributed by atoms with Crippen LogP contribution >= 0.6 is 0 Å². The second-order valence-electron chi connectivity index (χ2n) is 3.40. The lowest BCUT2D eigenvalue weighted by Crippen LogP contribution is -2.10. The molecule has 0 saturated carbocycles. The standard InChI is InChI=1S/C12H9NO4/c14-11(15)8-4-3-5-9(12(16)17)10(8)13-6-1-2-7-13/h1-7H,(H,14,15)(H,16,17). The average molecular weight is 231 g/mol. The van der Waals surface area contributed by atoms with Crippen molar-refractivity contribution in [3.05, 3.63) is 53.9 Å². The Morgan fingerprint density at radius 2 is 1.35 bits per heavy atom. The van der Waals surface area contributed by atoms with Crippen LogP contribution in [-0.4, -0.2) is 26.7 Å². The number of hydrogen-bond acceptors (Lipinski definition) is 2. The van der Waals surface area contributed by atoms with Gasteiger partial charge in [-0.1, -0.05) is 6.07 Å². The van der Waals surface area contributed by atoms with Crippen molar-refractivity contribution in [2.24, 2.45) is 0 Å². The summed E-state index contributed by atoms with van der Waals surface area (Å²) in [4.78, 5) is 22.2. The molecule has 0 atom stereocenters. The second kappa shape index (κ2) is 4.13. The van der Waals surface area contributed by atoms with E-state index in [9.17, 15) is 9.59 Å².